The van der Waals surface area contributed by atoms with E-state index < -0.39 is 15.2 Å². The monoisotopic (exact) mass is 332 g/mol. The minimum atomic E-state index is -1.99. The zero-order chi connectivity index (χ0) is 16.3. The second-order valence-corrected chi connectivity index (χ2v) is 21.6. The predicted octanol–water partition coefficient (Wildman–Crippen LogP) is 3.57. The fourth-order valence-corrected chi connectivity index (χ4v) is 18.8. The van der Waals surface area contributed by atoms with Crippen LogP contribution in [-0.2, 0) is 0 Å². The lowest BCUT2D eigenvalue weighted by Crippen LogP contribution is -2.79. The highest BCUT2D eigenvalue weighted by molar-refractivity contribution is 7.55. The van der Waals surface area contributed by atoms with E-state index in [1.807, 2.05) is 0 Å². The van der Waals surface area contributed by atoms with Gasteiger partial charge in [0.1, 0.15) is 7.59 Å². The molecule has 3 aromatic rings. The van der Waals surface area contributed by atoms with Gasteiger partial charge in [0, 0.05) is 0 Å². The van der Waals surface area contributed by atoms with Crippen molar-refractivity contribution in [2.75, 3.05) is 0 Å². The summed E-state index contributed by atoms with van der Waals surface area (Å²) in [7, 11) is -3.51. The summed E-state index contributed by atoms with van der Waals surface area (Å²) in [6.07, 6.45) is 0. The van der Waals surface area contributed by atoms with E-state index in [4.69, 9.17) is 0 Å². The fraction of sp³-hybridized carbons (Fsp3) is 0.143. The van der Waals surface area contributed by atoms with Gasteiger partial charge in [-0.05, 0) is 0 Å². The quantitative estimate of drug-likeness (QED) is 0.506. The molecule has 23 heavy (non-hydrogen) atoms. The van der Waals surface area contributed by atoms with Crippen molar-refractivity contribution in [1.82, 2.24) is 0 Å². The van der Waals surface area contributed by atoms with Gasteiger partial charge in [-0.15, -0.1) is 0 Å². The molecule has 0 N–H and O–H groups in total. The largest absolute Gasteiger partial charge is 0.138 e. The average Bonchev–Trinajstić information content (AvgIpc) is 2.57. The Balaban J connectivity index is 2.41. The van der Waals surface area contributed by atoms with Crippen molar-refractivity contribution in [1.29, 1.82) is 0 Å². The summed E-state index contributed by atoms with van der Waals surface area (Å²) >= 11 is 0. The summed E-state index contributed by atoms with van der Waals surface area (Å²) in [6.45, 7) is 7.60. The molecule has 0 saturated carbocycles. The highest BCUT2D eigenvalue weighted by atomic mass is 29.3. The van der Waals surface area contributed by atoms with Crippen LogP contribution < -0.4 is 15.6 Å². The van der Waals surface area contributed by atoms with Gasteiger partial charge in [0.2, 0.25) is 0 Å². The molecule has 3 rings (SSSR count). The van der Waals surface area contributed by atoms with E-state index >= 15 is 0 Å². The molecule has 0 aliphatic heterocycles. The second-order valence-electron chi connectivity index (χ2n) is 7.10. The minimum absolute atomic E-state index is 1.52. The van der Waals surface area contributed by atoms with Gasteiger partial charge < -0.3 is 0 Å². The predicted molar refractivity (Wildman–Crippen MR) is 107 cm³/mol. The number of hydrogen-bond donors (Lipinski definition) is 0. The van der Waals surface area contributed by atoms with Crippen LogP contribution in [0, 0.1) is 0 Å². The van der Waals surface area contributed by atoms with E-state index in [1.54, 1.807) is 0 Å². The Morgan fingerprint density at radius 3 is 0.913 bits per heavy atom. The lowest BCUT2D eigenvalue weighted by atomic mass is 10.3. The van der Waals surface area contributed by atoms with Gasteiger partial charge in [-0.2, -0.15) is 0 Å². The number of rotatable bonds is 4. The number of hydrogen-bond acceptors (Lipinski definition) is 0. The maximum Gasteiger partial charge on any atom is 0.138 e. The maximum absolute atomic E-state index is 2.53. The van der Waals surface area contributed by atoms with E-state index in [1.165, 1.54) is 15.6 Å². The molecule has 0 spiro atoms. The van der Waals surface area contributed by atoms with E-state index in [9.17, 15) is 0 Å². The van der Waals surface area contributed by atoms with Gasteiger partial charge in [0.15, 0.2) is 0 Å². The molecule has 0 aliphatic carbocycles. The second kappa shape index (κ2) is 6.30. The summed E-state index contributed by atoms with van der Waals surface area (Å²) in [5.41, 5.74) is 0. The highest BCUT2D eigenvalue weighted by Crippen LogP contribution is 2.20. The van der Waals surface area contributed by atoms with Crippen molar-refractivity contribution >= 4 is 30.7 Å². The molecular formula is C21H24Si2. The van der Waals surface area contributed by atoms with Gasteiger partial charge in [0.05, 0.1) is 7.59 Å². The molecule has 0 nitrogen and oxygen atoms in total. The zero-order valence-corrected chi connectivity index (χ0v) is 16.2. The van der Waals surface area contributed by atoms with Gasteiger partial charge in [-0.3, -0.25) is 0 Å². The van der Waals surface area contributed by atoms with Gasteiger partial charge in [-0.1, -0.05) is 126 Å². The Labute approximate surface area is 141 Å². The van der Waals surface area contributed by atoms with Crippen LogP contribution in [0.1, 0.15) is 0 Å². The fourth-order valence-electron chi connectivity index (χ4n) is 3.86. The third kappa shape index (κ3) is 2.73. The summed E-state index contributed by atoms with van der Waals surface area (Å²) < 4.78 is 0. The first-order valence-electron chi connectivity index (χ1n) is 8.23. The van der Waals surface area contributed by atoms with Crippen LogP contribution in [0.3, 0.4) is 0 Å². The molecule has 0 atom stereocenters. The minimum Gasteiger partial charge on any atom is -0.0706 e. The number of benzene rings is 3. The molecule has 0 fully saturated rings. The molecule has 0 aromatic heterocycles. The van der Waals surface area contributed by atoms with E-state index in [2.05, 4.69) is 111 Å². The molecule has 0 aliphatic rings. The Morgan fingerprint density at radius 1 is 0.435 bits per heavy atom. The Kier molecular flexibility index (Phi) is 4.38. The molecule has 0 bridgehead atoms. The van der Waals surface area contributed by atoms with Crippen molar-refractivity contribution in [3.63, 3.8) is 0 Å². The molecule has 0 radical (unpaired) electrons. The first kappa shape index (κ1) is 16.0. The average molecular weight is 333 g/mol. The third-order valence-electron chi connectivity index (χ3n) is 4.75. The SMILES string of the molecule is C[Si](C)(C)[Si](c1ccccc1)(c1ccccc1)c1ccccc1. The molecule has 0 unspecified atom stereocenters. The van der Waals surface area contributed by atoms with Gasteiger partial charge in [0.25, 0.3) is 0 Å². The summed E-state index contributed by atoms with van der Waals surface area (Å²) in [5.74, 6) is 0. The molecule has 3 aromatic carbocycles. The first-order valence-corrected chi connectivity index (χ1v) is 14.7. The standard InChI is InChI=1S/C21H24Si2/c1-22(2,3)23(19-13-7-4-8-14-19,20-15-9-5-10-16-20)21-17-11-6-12-18-21/h4-18H,1-3H3. The smallest absolute Gasteiger partial charge is 0.0706 e. The van der Waals surface area contributed by atoms with E-state index in [-0.39, 0.29) is 0 Å². The van der Waals surface area contributed by atoms with Crippen LogP contribution in [0.25, 0.3) is 0 Å². The van der Waals surface area contributed by atoms with Crippen molar-refractivity contribution in [3.8, 4) is 0 Å². The molecule has 0 heterocycles. The molecule has 2 heteroatoms. The molecular weight excluding hydrogens is 308 g/mol. The lowest BCUT2D eigenvalue weighted by Gasteiger charge is -2.43. The Morgan fingerprint density at radius 2 is 0.696 bits per heavy atom. The van der Waals surface area contributed by atoms with Crippen LogP contribution >= 0.6 is 0 Å². The molecule has 0 amide bonds. The normalized spacial score (nSPS) is 12.1. The van der Waals surface area contributed by atoms with Crippen molar-refractivity contribution in [2.45, 2.75) is 19.6 Å². The van der Waals surface area contributed by atoms with Crippen LogP contribution in [0.15, 0.2) is 91.0 Å². The van der Waals surface area contributed by atoms with Crippen molar-refractivity contribution in [3.05, 3.63) is 91.0 Å². The van der Waals surface area contributed by atoms with E-state index in [0.717, 1.165) is 0 Å². The highest BCUT2D eigenvalue weighted by Gasteiger charge is 2.49. The Bertz CT molecular complexity index is 647. The molecule has 116 valence electrons. The maximum atomic E-state index is 2.53. The first-order chi connectivity index (χ1) is 11.1. The van der Waals surface area contributed by atoms with Crippen molar-refractivity contribution < 1.29 is 0 Å². The van der Waals surface area contributed by atoms with Crippen molar-refractivity contribution in [2.24, 2.45) is 0 Å². The summed E-state index contributed by atoms with van der Waals surface area (Å²) in [6, 6.07) is 33.7. The zero-order valence-electron chi connectivity index (χ0n) is 14.2. The lowest BCUT2D eigenvalue weighted by molar-refractivity contribution is 1.67. The summed E-state index contributed by atoms with van der Waals surface area (Å²) in [4.78, 5) is 0. The summed E-state index contributed by atoms with van der Waals surface area (Å²) in [5, 5.41) is 4.62. The van der Waals surface area contributed by atoms with Crippen LogP contribution in [0.4, 0.5) is 0 Å². The van der Waals surface area contributed by atoms with Gasteiger partial charge in [-0.25, -0.2) is 0 Å². The van der Waals surface area contributed by atoms with Crippen LogP contribution in [0.5, 0.6) is 0 Å². The Hall–Kier alpha value is -1.91. The molecule has 0 saturated heterocycles. The topological polar surface area (TPSA) is 0 Å². The van der Waals surface area contributed by atoms with E-state index in [0.29, 0.717) is 0 Å². The van der Waals surface area contributed by atoms with Gasteiger partial charge >= 0.3 is 0 Å². The third-order valence-corrected chi connectivity index (χ3v) is 19.9. The van der Waals surface area contributed by atoms with Crippen LogP contribution in [0.2, 0.25) is 19.6 Å². The van der Waals surface area contributed by atoms with Crippen LogP contribution in [-0.4, -0.2) is 15.2 Å².